The zero-order chi connectivity index (χ0) is 20.4. The van der Waals surface area contributed by atoms with E-state index in [1.165, 1.54) is 6.92 Å². The van der Waals surface area contributed by atoms with Gasteiger partial charge in [-0.25, -0.2) is 19.7 Å². The Balaban J connectivity index is 2.46. The molecule has 0 fully saturated rings. The maximum absolute atomic E-state index is 10.8. The normalized spacial score (nSPS) is 12.8. The van der Waals surface area contributed by atoms with E-state index in [1.54, 1.807) is 31.2 Å². The summed E-state index contributed by atoms with van der Waals surface area (Å²) in [6, 6.07) is 6.79. The fourth-order valence-electron chi connectivity index (χ4n) is 1.80. The summed E-state index contributed by atoms with van der Waals surface area (Å²) in [5, 5.41) is 3.71. The van der Waals surface area contributed by atoms with Gasteiger partial charge >= 0.3 is 5.97 Å². The van der Waals surface area contributed by atoms with Gasteiger partial charge in [0.1, 0.15) is 0 Å². The van der Waals surface area contributed by atoms with Gasteiger partial charge in [-0.1, -0.05) is 99.0 Å². The van der Waals surface area contributed by atoms with Crippen LogP contribution in [0.4, 0.5) is 0 Å². The van der Waals surface area contributed by atoms with Crippen molar-refractivity contribution in [3.8, 4) is 11.4 Å². The smallest absolute Gasteiger partial charge is 0.318 e. The van der Waals surface area contributed by atoms with Crippen LogP contribution in [-0.4, -0.2) is 26.6 Å². The van der Waals surface area contributed by atoms with Gasteiger partial charge in [-0.15, -0.1) is 0 Å². The third-order valence-electron chi connectivity index (χ3n) is 3.01. The molecule has 1 aromatic heterocycles. The molecule has 27 heavy (non-hydrogen) atoms. The lowest BCUT2D eigenvalue weighted by atomic mass is 10.1. The zero-order valence-electron chi connectivity index (χ0n) is 13.7. The van der Waals surface area contributed by atoms with Gasteiger partial charge in [-0.2, -0.15) is 0 Å². The van der Waals surface area contributed by atoms with Crippen molar-refractivity contribution in [2.45, 2.75) is 21.4 Å². The van der Waals surface area contributed by atoms with Crippen molar-refractivity contribution in [1.29, 1.82) is 0 Å². The number of aromatic nitrogens is 3. The quantitative estimate of drug-likeness (QED) is 0.246. The third-order valence-corrected chi connectivity index (χ3v) is 4.03. The second-order valence-corrected chi connectivity index (χ2v) is 9.70. The van der Waals surface area contributed by atoms with Crippen LogP contribution < -0.4 is 0 Å². The predicted molar refractivity (Wildman–Crippen MR) is 108 cm³/mol. The highest BCUT2D eigenvalue weighted by Gasteiger charge is 2.34. The van der Waals surface area contributed by atoms with Gasteiger partial charge in [0, 0.05) is 12.5 Å². The van der Waals surface area contributed by atoms with Gasteiger partial charge in [-0.3, -0.25) is 0 Å². The van der Waals surface area contributed by atoms with Crippen molar-refractivity contribution in [3.05, 3.63) is 41.5 Å². The van der Waals surface area contributed by atoms with Crippen molar-refractivity contribution in [2.24, 2.45) is 5.16 Å². The summed E-state index contributed by atoms with van der Waals surface area (Å²) >= 11 is 35.2. The molecule has 2 aromatic rings. The Labute approximate surface area is 184 Å². The molecule has 1 aromatic carbocycles. The molecule has 0 amide bonds. The molecule has 2 rings (SSSR count). The molecule has 0 aliphatic heterocycles. The first kappa shape index (κ1) is 22.4. The van der Waals surface area contributed by atoms with Gasteiger partial charge in [0.05, 0.1) is 5.71 Å². The number of hydrogen-bond donors (Lipinski definition) is 0. The molecule has 0 spiro atoms. The molecule has 0 N–H and O–H groups in total. The van der Waals surface area contributed by atoms with Crippen molar-refractivity contribution in [3.63, 3.8) is 0 Å². The first-order chi connectivity index (χ1) is 12.4. The second-order valence-electron chi connectivity index (χ2n) is 5.14. The van der Waals surface area contributed by atoms with Crippen LogP contribution in [0.25, 0.3) is 11.4 Å². The molecular formula is C15H10Cl6N4O2. The topological polar surface area (TPSA) is 77.3 Å². The molecule has 0 radical (unpaired) electrons. The summed E-state index contributed by atoms with van der Waals surface area (Å²) < 4.78 is -3.87. The Morgan fingerprint density at radius 2 is 1.37 bits per heavy atom. The summed E-state index contributed by atoms with van der Waals surface area (Å²) in [4.78, 5) is 27.6. The molecule has 144 valence electrons. The SMILES string of the molecule is CC(=O)ON=C(C)c1ccc(-c2nc(C(Cl)(Cl)Cl)nc(C(Cl)(Cl)Cl)n2)cc1. The molecule has 0 unspecified atom stereocenters. The summed E-state index contributed by atoms with van der Waals surface area (Å²) in [5.74, 6) is -0.741. The van der Waals surface area contributed by atoms with Crippen molar-refractivity contribution < 1.29 is 9.63 Å². The summed E-state index contributed by atoms with van der Waals surface area (Å²) in [6.07, 6.45) is 0. The van der Waals surface area contributed by atoms with Crippen LogP contribution in [0.5, 0.6) is 0 Å². The number of alkyl halides is 6. The third kappa shape index (κ3) is 6.31. The van der Waals surface area contributed by atoms with E-state index in [4.69, 9.17) is 69.6 Å². The van der Waals surface area contributed by atoms with E-state index < -0.39 is 13.6 Å². The largest absolute Gasteiger partial charge is 0.331 e. The van der Waals surface area contributed by atoms with Crippen LogP contribution in [0.2, 0.25) is 0 Å². The molecule has 0 bridgehead atoms. The van der Waals surface area contributed by atoms with E-state index in [1.807, 2.05) is 0 Å². The van der Waals surface area contributed by atoms with Gasteiger partial charge in [0.25, 0.3) is 0 Å². The second kappa shape index (κ2) is 8.64. The lowest BCUT2D eigenvalue weighted by molar-refractivity contribution is -0.140. The van der Waals surface area contributed by atoms with Crippen LogP contribution in [0.3, 0.4) is 0 Å². The van der Waals surface area contributed by atoms with Gasteiger partial charge in [0.2, 0.25) is 7.59 Å². The molecule has 0 aliphatic rings. The van der Waals surface area contributed by atoms with Gasteiger partial charge in [-0.05, 0) is 12.5 Å². The highest BCUT2D eigenvalue weighted by atomic mass is 35.6. The van der Waals surface area contributed by atoms with Crippen molar-refractivity contribution >= 4 is 81.3 Å². The monoisotopic (exact) mass is 488 g/mol. The van der Waals surface area contributed by atoms with Crippen LogP contribution in [0, 0.1) is 0 Å². The number of carbonyl (C=O) groups excluding carboxylic acids is 1. The Kier molecular flexibility index (Phi) is 7.17. The Bertz CT molecular complexity index is 843. The van der Waals surface area contributed by atoms with E-state index >= 15 is 0 Å². The molecule has 0 aliphatic carbocycles. The fourth-order valence-corrected chi connectivity index (χ4v) is 2.31. The molecule has 6 nitrogen and oxygen atoms in total. The van der Waals surface area contributed by atoms with E-state index in [0.29, 0.717) is 16.8 Å². The minimum atomic E-state index is -1.93. The Morgan fingerprint density at radius 1 is 0.889 bits per heavy atom. The number of hydrogen-bond acceptors (Lipinski definition) is 6. The minimum Gasteiger partial charge on any atom is -0.318 e. The number of halogens is 6. The summed E-state index contributed by atoms with van der Waals surface area (Å²) in [6.45, 7) is 2.94. The highest BCUT2D eigenvalue weighted by Crippen LogP contribution is 2.40. The molecule has 0 saturated heterocycles. The molecule has 12 heteroatoms. The van der Waals surface area contributed by atoms with Crippen LogP contribution in [0.1, 0.15) is 31.1 Å². The fraction of sp³-hybridized carbons (Fsp3) is 0.267. The lowest BCUT2D eigenvalue weighted by Crippen LogP contribution is -2.16. The van der Waals surface area contributed by atoms with Crippen molar-refractivity contribution in [2.75, 3.05) is 0 Å². The standard InChI is InChI=1S/C15H10Cl6N4O2/c1-7(25-27-8(2)26)9-3-5-10(6-4-9)11-22-12(14(16,17)18)24-13(23-11)15(19,20)21/h3-6H,1-2H3. The first-order valence-corrected chi connectivity index (χ1v) is 9.38. The summed E-state index contributed by atoms with van der Waals surface area (Å²) in [7, 11) is 0. The van der Waals surface area contributed by atoms with Crippen LogP contribution in [-0.2, 0) is 17.2 Å². The minimum absolute atomic E-state index is 0.147. The first-order valence-electron chi connectivity index (χ1n) is 7.11. The Morgan fingerprint density at radius 3 is 1.78 bits per heavy atom. The number of benzene rings is 1. The van der Waals surface area contributed by atoms with Crippen molar-refractivity contribution in [1.82, 2.24) is 15.0 Å². The number of oxime groups is 1. The maximum Gasteiger partial charge on any atom is 0.331 e. The zero-order valence-corrected chi connectivity index (χ0v) is 18.2. The summed E-state index contributed by atoms with van der Waals surface area (Å²) in [5.41, 5.74) is 1.75. The van der Waals surface area contributed by atoms with E-state index in [0.717, 1.165) is 0 Å². The number of rotatable bonds is 3. The number of carbonyl (C=O) groups is 1. The maximum atomic E-state index is 10.8. The Hall–Kier alpha value is -0.890. The van der Waals surface area contributed by atoms with E-state index in [2.05, 4.69) is 24.9 Å². The predicted octanol–water partition coefficient (Wildman–Crippen LogP) is 5.48. The van der Waals surface area contributed by atoms with Crippen LogP contribution in [0.15, 0.2) is 29.4 Å². The van der Waals surface area contributed by atoms with Crippen LogP contribution >= 0.6 is 69.6 Å². The van der Waals surface area contributed by atoms with Gasteiger partial charge in [0.15, 0.2) is 17.5 Å². The lowest BCUT2D eigenvalue weighted by Gasteiger charge is -2.15. The average Bonchev–Trinajstić information content (AvgIpc) is 2.58. The molecule has 0 atom stereocenters. The number of nitrogens with zero attached hydrogens (tertiary/aromatic N) is 4. The molecular weight excluding hydrogens is 481 g/mol. The van der Waals surface area contributed by atoms with E-state index in [-0.39, 0.29) is 17.5 Å². The van der Waals surface area contributed by atoms with Gasteiger partial charge < -0.3 is 4.84 Å². The molecule has 1 heterocycles. The highest BCUT2D eigenvalue weighted by molar-refractivity contribution is 6.67. The van der Waals surface area contributed by atoms with E-state index in [9.17, 15) is 4.79 Å². The average molecular weight is 491 g/mol. The molecule has 0 saturated carbocycles.